The topological polar surface area (TPSA) is 0 Å². The fourth-order valence-electron chi connectivity index (χ4n) is 5.35. The molecule has 0 spiro atoms. The number of benzene rings is 4. The Hall–Kier alpha value is -1.92. The average Bonchev–Trinajstić information content (AvgIpc) is 3.42. The molecule has 0 saturated carbocycles. The Bertz CT molecular complexity index is 1290. The Morgan fingerprint density at radius 1 is 0.688 bits per heavy atom. The molecule has 0 aliphatic heterocycles. The first-order chi connectivity index (χ1) is 14.4. The van der Waals surface area contributed by atoms with Crippen LogP contribution >= 0.6 is 0 Å². The summed E-state index contributed by atoms with van der Waals surface area (Å²) in [5, 5.41) is 2.69. The maximum Gasteiger partial charge on any atom is 2.00 e. The van der Waals surface area contributed by atoms with Crippen LogP contribution in [0.3, 0.4) is 0 Å². The minimum atomic E-state index is 0. The minimum Gasteiger partial charge on any atom is -1.00 e. The summed E-state index contributed by atoms with van der Waals surface area (Å²) in [6.45, 7) is 0. The van der Waals surface area contributed by atoms with Gasteiger partial charge in [0.25, 0.3) is 0 Å². The normalized spacial score (nSPS) is 16.1. The molecule has 0 bridgehead atoms. The van der Waals surface area contributed by atoms with Crippen molar-refractivity contribution in [3.63, 3.8) is 0 Å². The van der Waals surface area contributed by atoms with Crippen LogP contribution in [-0.2, 0) is 26.2 Å². The van der Waals surface area contributed by atoms with Gasteiger partial charge in [-0.2, -0.15) is 0 Å². The quantitative estimate of drug-likeness (QED) is 0.377. The zero-order valence-electron chi connectivity index (χ0n) is 17.5. The molecule has 2 aliphatic rings. The van der Waals surface area contributed by atoms with Crippen molar-refractivity contribution in [3.05, 3.63) is 131 Å². The van der Waals surface area contributed by atoms with E-state index in [1.807, 2.05) is 0 Å². The summed E-state index contributed by atoms with van der Waals surface area (Å²) in [6, 6.07) is 33.6. The van der Waals surface area contributed by atoms with Gasteiger partial charge in [0.05, 0.1) is 0 Å². The van der Waals surface area contributed by atoms with Crippen molar-refractivity contribution in [2.45, 2.75) is 18.3 Å². The minimum absolute atomic E-state index is 0. The maximum absolute atomic E-state index is 2.38. The summed E-state index contributed by atoms with van der Waals surface area (Å²) in [5.41, 5.74) is 8.67. The second-order valence-electron chi connectivity index (χ2n) is 8.08. The molecule has 32 heavy (non-hydrogen) atoms. The van der Waals surface area contributed by atoms with Gasteiger partial charge in [-0.3, -0.25) is 0 Å². The van der Waals surface area contributed by atoms with Crippen molar-refractivity contribution in [1.82, 2.24) is 0 Å². The summed E-state index contributed by atoms with van der Waals surface area (Å²) in [5.74, 6) is 0.703. The Balaban J connectivity index is 0.000000963. The van der Waals surface area contributed by atoms with Gasteiger partial charge in [-0.25, -0.2) is 0 Å². The molecule has 2 unspecified atom stereocenters. The van der Waals surface area contributed by atoms with Gasteiger partial charge in [0, 0.05) is 11.8 Å². The third-order valence-corrected chi connectivity index (χ3v) is 6.55. The number of fused-ring (bicyclic) bond motifs is 5. The van der Waals surface area contributed by atoms with Gasteiger partial charge in [-0.1, -0.05) is 115 Å². The van der Waals surface area contributed by atoms with Crippen LogP contribution in [0, 0.1) is 0 Å². The Kier molecular flexibility index (Phi) is 7.99. The van der Waals surface area contributed by atoms with Gasteiger partial charge in [0.2, 0.25) is 0 Å². The van der Waals surface area contributed by atoms with E-state index in [4.69, 9.17) is 0 Å². The predicted octanol–water partition coefficient (Wildman–Crippen LogP) is 1.63. The molecule has 156 valence electrons. The van der Waals surface area contributed by atoms with Gasteiger partial charge >= 0.3 is 26.2 Å². The van der Waals surface area contributed by atoms with E-state index in [1.54, 1.807) is 0 Å². The van der Waals surface area contributed by atoms with Crippen LogP contribution in [0.25, 0.3) is 21.9 Å². The number of hydrogen-bond acceptors (Lipinski definition) is 0. The standard InChI is InChI=1S/C29H22.2ClH.Zr/c1-2-11-21(12-3-1)27(22-13-4-5-14-22)29-25-17-9-8-16-24(25)28-23-15-7-6-10-20(23)18-19-26(28)29;;;/h1-13,15-19,27,29H,14H2;2*1H;/q;;;+2/p-2. The monoisotopic (exact) mass is 530 g/mol. The van der Waals surface area contributed by atoms with E-state index in [0.717, 1.165) is 6.42 Å². The number of hydrogen-bond donors (Lipinski definition) is 0. The SMILES string of the molecule is C1=CCC(C(c2ccccc2)C2c3ccccc3-c3c2ccc2ccccc32)=C1.[Cl-].[Cl-].[Zr+2]. The van der Waals surface area contributed by atoms with Crippen LogP contribution in [-0.4, -0.2) is 0 Å². The summed E-state index contributed by atoms with van der Waals surface area (Å²) in [6.07, 6.45) is 7.88. The van der Waals surface area contributed by atoms with Crippen molar-refractivity contribution >= 4 is 10.8 Å². The van der Waals surface area contributed by atoms with Crippen molar-refractivity contribution in [1.29, 1.82) is 0 Å². The third-order valence-electron chi connectivity index (χ3n) is 6.55. The van der Waals surface area contributed by atoms with E-state index in [2.05, 4.69) is 109 Å². The van der Waals surface area contributed by atoms with Crippen molar-refractivity contribution in [2.24, 2.45) is 0 Å². The van der Waals surface area contributed by atoms with E-state index in [0.29, 0.717) is 11.8 Å². The molecule has 0 aromatic heterocycles. The summed E-state index contributed by atoms with van der Waals surface area (Å²) >= 11 is 0. The fourth-order valence-corrected chi connectivity index (χ4v) is 5.35. The van der Waals surface area contributed by atoms with Crippen LogP contribution in [0.5, 0.6) is 0 Å². The van der Waals surface area contributed by atoms with Gasteiger partial charge in [0.1, 0.15) is 0 Å². The third kappa shape index (κ3) is 3.96. The maximum atomic E-state index is 2.38. The van der Waals surface area contributed by atoms with Gasteiger partial charge in [0.15, 0.2) is 0 Å². The van der Waals surface area contributed by atoms with E-state index >= 15 is 0 Å². The van der Waals surface area contributed by atoms with Gasteiger partial charge in [-0.05, 0) is 45.0 Å². The van der Waals surface area contributed by atoms with E-state index in [9.17, 15) is 0 Å². The fraction of sp³-hybridized carbons (Fsp3) is 0.103. The summed E-state index contributed by atoms with van der Waals surface area (Å²) in [7, 11) is 0. The predicted molar refractivity (Wildman–Crippen MR) is 122 cm³/mol. The largest absolute Gasteiger partial charge is 2.00 e. The number of rotatable bonds is 3. The van der Waals surface area contributed by atoms with Crippen molar-refractivity contribution in [2.75, 3.05) is 0 Å². The number of allylic oxidation sites excluding steroid dienone is 4. The molecule has 4 aromatic carbocycles. The van der Waals surface area contributed by atoms with Crippen LogP contribution in [0.1, 0.15) is 34.9 Å². The van der Waals surface area contributed by atoms with Crippen molar-refractivity contribution < 1.29 is 51.0 Å². The molecule has 0 N–H and O–H groups in total. The van der Waals surface area contributed by atoms with Gasteiger partial charge in [-0.15, -0.1) is 0 Å². The Morgan fingerprint density at radius 3 is 2.19 bits per heavy atom. The molecule has 2 aliphatic carbocycles. The molecular formula is C29H22Cl2Zr. The van der Waals surface area contributed by atoms with E-state index < -0.39 is 0 Å². The average molecular weight is 533 g/mol. The van der Waals surface area contributed by atoms with E-state index in [1.165, 1.54) is 44.2 Å². The Morgan fingerprint density at radius 2 is 1.41 bits per heavy atom. The number of halogens is 2. The molecule has 2 atom stereocenters. The second-order valence-corrected chi connectivity index (χ2v) is 8.08. The second kappa shape index (κ2) is 10.3. The molecule has 0 nitrogen and oxygen atoms in total. The molecular weight excluding hydrogens is 510 g/mol. The van der Waals surface area contributed by atoms with Crippen LogP contribution in [0.15, 0.2) is 115 Å². The van der Waals surface area contributed by atoms with Crippen LogP contribution in [0.2, 0.25) is 0 Å². The molecule has 6 rings (SSSR count). The Labute approximate surface area is 221 Å². The first-order valence-corrected chi connectivity index (χ1v) is 10.4. The van der Waals surface area contributed by atoms with Crippen LogP contribution < -0.4 is 24.8 Å². The van der Waals surface area contributed by atoms with Crippen molar-refractivity contribution in [3.8, 4) is 11.1 Å². The summed E-state index contributed by atoms with van der Waals surface area (Å²) < 4.78 is 0. The smallest absolute Gasteiger partial charge is 1.00 e. The zero-order chi connectivity index (χ0) is 19.2. The van der Waals surface area contributed by atoms with Gasteiger partial charge < -0.3 is 24.8 Å². The molecule has 0 heterocycles. The molecule has 0 saturated heterocycles. The molecule has 0 amide bonds. The molecule has 0 radical (unpaired) electrons. The van der Waals surface area contributed by atoms with E-state index in [-0.39, 0.29) is 51.0 Å². The zero-order valence-corrected chi connectivity index (χ0v) is 21.5. The molecule has 3 heteroatoms. The van der Waals surface area contributed by atoms with Crippen LogP contribution in [0.4, 0.5) is 0 Å². The summed E-state index contributed by atoms with van der Waals surface area (Å²) in [4.78, 5) is 0. The molecule has 4 aromatic rings. The first kappa shape index (κ1) is 24.7. The first-order valence-electron chi connectivity index (χ1n) is 10.4. The molecule has 0 fully saturated rings.